The zero-order chi connectivity index (χ0) is 14.8. The van der Waals surface area contributed by atoms with Crippen LogP contribution in [0, 0.1) is 24.2 Å². The van der Waals surface area contributed by atoms with Crippen LogP contribution < -0.4 is 5.32 Å². The van der Waals surface area contributed by atoms with E-state index in [4.69, 9.17) is 0 Å². The molecule has 0 spiro atoms. The lowest BCUT2D eigenvalue weighted by atomic mass is 9.65. The van der Waals surface area contributed by atoms with Crippen LogP contribution in [0.15, 0.2) is 11.4 Å². The average Bonchev–Trinajstić information content (AvgIpc) is 2.81. The third-order valence-electron chi connectivity index (χ3n) is 5.11. The molecule has 0 aromatic carbocycles. The zero-order valence-electron chi connectivity index (χ0n) is 13.8. The van der Waals surface area contributed by atoms with E-state index in [0.717, 1.165) is 24.3 Å². The normalized spacial score (nSPS) is 27.8. The van der Waals surface area contributed by atoms with Gasteiger partial charge in [0.25, 0.3) is 0 Å². The third kappa shape index (κ3) is 3.65. The minimum absolute atomic E-state index is 0.451. The Labute approximate surface area is 129 Å². The highest BCUT2D eigenvalue weighted by molar-refractivity contribution is 7.10. The van der Waals surface area contributed by atoms with Crippen molar-refractivity contribution in [2.24, 2.45) is 17.3 Å². The van der Waals surface area contributed by atoms with Crippen LogP contribution in [0.5, 0.6) is 0 Å². The van der Waals surface area contributed by atoms with Crippen molar-refractivity contribution in [2.45, 2.75) is 59.8 Å². The number of aryl methyl sites for hydroxylation is 1. The van der Waals surface area contributed by atoms with Gasteiger partial charge in [-0.15, -0.1) is 11.3 Å². The van der Waals surface area contributed by atoms with E-state index in [1.54, 1.807) is 4.88 Å². The van der Waals surface area contributed by atoms with Gasteiger partial charge in [0.2, 0.25) is 0 Å². The molecule has 1 heterocycles. The van der Waals surface area contributed by atoms with Crippen LogP contribution >= 0.6 is 11.3 Å². The van der Waals surface area contributed by atoms with E-state index >= 15 is 0 Å². The highest BCUT2D eigenvalue weighted by Crippen LogP contribution is 2.48. The summed E-state index contributed by atoms with van der Waals surface area (Å²) in [5.74, 6) is 2.46. The molecule has 3 unspecified atom stereocenters. The van der Waals surface area contributed by atoms with E-state index in [1.165, 1.54) is 31.4 Å². The van der Waals surface area contributed by atoms with Gasteiger partial charge in [0.05, 0.1) is 0 Å². The second-order valence-electron chi connectivity index (χ2n) is 7.52. The summed E-state index contributed by atoms with van der Waals surface area (Å²) >= 11 is 1.98. The summed E-state index contributed by atoms with van der Waals surface area (Å²) in [6, 6.07) is 2.30. The van der Waals surface area contributed by atoms with Crippen molar-refractivity contribution < 1.29 is 0 Å². The molecule has 1 fully saturated rings. The highest BCUT2D eigenvalue weighted by atomic mass is 32.1. The highest BCUT2D eigenvalue weighted by Gasteiger charge is 2.37. The molecule has 114 valence electrons. The predicted octanol–water partition coefficient (Wildman–Crippen LogP) is 5.21. The fraction of sp³-hybridized carbons (Fsp3) is 0.778. The summed E-state index contributed by atoms with van der Waals surface area (Å²) in [5.41, 5.74) is 1.96. The van der Waals surface area contributed by atoms with Gasteiger partial charge in [-0.3, -0.25) is 0 Å². The Morgan fingerprint density at radius 2 is 2.05 bits per heavy atom. The standard InChI is InChI=1S/C18H31NS/c1-6-19-12-14-7-8-15(18(3,4)5)11-16(14)17-13(2)9-10-20-17/h9-10,14-16,19H,6-8,11-12H2,1-5H3. The average molecular weight is 294 g/mol. The molecule has 1 aliphatic carbocycles. The van der Waals surface area contributed by atoms with Gasteiger partial charge in [-0.25, -0.2) is 0 Å². The second kappa shape index (κ2) is 6.62. The first kappa shape index (κ1) is 16.0. The van der Waals surface area contributed by atoms with Crippen LogP contribution in [0.3, 0.4) is 0 Å². The minimum Gasteiger partial charge on any atom is -0.317 e. The first-order chi connectivity index (χ1) is 9.43. The summed E-state index contributed by atoms with van der Waals surface area (Å²) in [6.07, 6.45) is 4.17. The number of hydrogen-bond acceptors (Lipinski definition) is 2. The Hall–Kier alpha value is -0.340. The van der Waals surface area contributed by atoms with E-state index in [2.05, 4.69) is 51.4 Å². The van der Waals surface area contributed by atoms with Crippen LogP contribution in [-0.2, 0) is 0 Å². The number of thiophene rings is 1. The van der Waals surface area contributed by atoms with Crippen LogP contribution in [0.4, 0.5) is 0 Å². The Kier molecular flexibility index (Phi) is 5.30. The first-order valence-corrected chi connectivity index (χ1v) is 9.06. The van der Waals surface area contributed by atoms with Crippen molar-refractivity contribution in [1.29, 1.82) is 0 Å². The van der Waals surface area contributed by atoms with Crippen molar-refractivity contribution in [3.63, 3.8) is 0 Å². The van der Waals surface area contributed by atoms with Gasteiger partial charge in [-0.2, -0.15) is 0 Å². The molecule has 0 aliphatic heterocycles. The molecular formula is C18H31NS. The van der Waals surface area contributed by atoms with Gasteiger partial charge >= 0.3 is 0 Å². The predicted molar refractivity (Wildman–Crippen MR) is 90.6 cm³/mol. The molecule has 1 N–H and O–H groups in total. The quantitative estimate of drug-likeness (QED) is 0.803. The van der Waals surface area contributed by atoms with Crippen LogP contribution in [0.2, 0.25) is 0 Å². The lowest BCUT2D eigenvalue weighted by Gasteiger charge is -2.42. The molecule has 0 amide bonds. The SMILES string of the molecule is CCNCC1CCC(C(C)(C)C)CC1c1sccc1C. The Bertz CT molecular complexity index is 415. The molecule has 0 radical (unpaired) electrons. The molecule has 1 saturated carbocycles. The summed E-state index contributed by atoms with van der Waals surface area (Å²) in [4.78, 5) is 1.65. The third-order valence-corrected chi connectivity index (χ3v) is 6.26. The van der Waals surface area contributed by atoms with E-state index in [1.807, 2.05) is 11.3 Å². The van der Waals surface area contributed by atoms with Crippen molar-refractivity contribution in [3.8, 4) is 0 Å². The van der Waals surface area contributed by atoms with E-state index < -0.39 is 0 Å². The molecule has 0 saturated heterocycles. The molecule has 20 heavy (non-hydrogen) atoms. The minimum atomic E-state index is 0.451. The van der Waals surface area contributed by atoms with Gasteiger partial charge in [0.1, 0.15) is 0 Å². The van der Waals surface area contributed by atoms with Crippen LogP contribution in [0.1, 0.15) is 63.3 Å². The molecule has 1 aromatic heterocycles. The second-order valence-corrected chi connectivity index (χ2v) is 8.47. The summed E-state index contributed by atoms with van der Waals surface area (Å²) < 4.78 is 0. The first-order valence-electron chi connectivity index (χ1n) is 8.18. The van der Waals surface area contributed by atoms with E-state index in [-0.39, 0.29) is 0 Å². The summed E-state index contributed by atoms with van der Waals surface area (Å²) in [6.45, 7) is 14.0. The van der Waals surface area contributed by atoms with Gasteiger partial charge in [0.15, 0.2) is 0 Å². The van der Waals surface area contributed by atoms with Gasteiger partial charge in [-0.05, 0) is 79.5 Å². The lowest BCUT2D eigenvalue weighted by Crippen LogP contribution is -2.35. The molecule has 0 bridgehead atoms. The molecule has 1 aliphatic rings. The van der Waals surface area contributed by atoms with Crippen molar-refractivity contribution >= 4 is 11.3 Å². The topological polar surface area (TPSA) is 12.0 Å². The molecule has 1 aromatic rings. The van der Waals surface area contributed by atoms with Gasteiger partial charge < -0.3 is 5.32 Å². The molecule has 1 nitrogen and oxygen atoms in total. The van der Waals surface area contributed by atoms with E-state index in [0.29, 0.717) is 5.41 Å². The fourth-order valence-corrected chi connectivity index (χ4v) is 4.82. The number of nitrogens with one attached hydrogen (secondary N) is 1. The maximum atomic E-state index is 3.59. The molecule has 2 rings (SSSR count). The van der Waals surface area contributed by atoms with Crippen molar-refractivity contribution in [3.05, 3.63) is 21.9 Å². The number of rotatable bonds is 4. The molecule has 3 atom stereocenters. The Morgan fingerprint density at radius 1 is 1.30 bits per heavy atom. The fourth-order valence-electron chi connectivity index (χ4n) is 3.68. The summed E-state index contributed by atoms with van der Waals surface area (Å²) in [5, 5.41) is 5.86. The van der Waals surface area contributed by atoms with Crippen LogP contribution in [0.25, 0.3) is 0 Å². The number of hydrogen-bond donors (Lipinski definition) is 1. The van der Waals surface area contributed by atoms with Gasteiger partial charge in [-0.1, -0.05) is 27.7 Å². The molecular weight excluding hydrogens is 262 g/mol. The van der Waals surface area contributed by atoms with E-state index in [9.17, 15) is 0 Å². The van der Waals surface area contributed by atoms with Crippen LogP contribution in [-0.4, -0.2) is 13.1 Å². The lowest BCUT2D eigenvalue weighted by molar-refractivity contribution is 0.130. The monoisotopic (exact) mass is 293 g/mol. The summed E-state index contributed by atoms with van der Waals surface area (Å²) in [7, 11) is 0. The van der Waals surface area contributed by atoms with Gasteiger partial charge in [0, 0.05) is 4.88 Å². The Morgan fingerprint density at radius 3 is 2.60 bits per heavy atom. The maximum absolute atomic E-state index is 3.59. The maximum Gasteiger partial charge on any atom is 0.0109 e. The Balaban J connectivity index is 2.17. The zero-order valence-corrected chi connectivity index (χ0v) is 14.6. The van der Waals surface area contributed by atoms with Crippen molar-refractivity contribution in [2.75, 3.05) is 13.1 Å². The molecule has 2 heteroatoms. The largest absolute Gasteiger partial charge is 0.317 e. The smallest absolute Gasteiger partial charge is 0.0109 e. The van der Waals surface area contributed by atoms with Crippen molar-refractivity contribution in [1.82, 2.24) is 5.32 Å².